The molecule has 150 valence electrons. The Morgan fingerprint density at radius 2 is 1.56 bits per heavy atom. The molecule has 0 heterocycles. The molecular weight excluding hydrogens is 320 g/mol. The molecule has 5 N–H and O–H groups in total. The van der Waals surface area contributed by atoms with E-state index in [9.17, 15) is 20.1 Å². The number of unbranched alkanes of at least 4 members (excludes halogenated alkanes) is 6. The average Bonchev–Trinajstić information content (AvgIpc) is 2.56. The maximum Gasteiger partial charge on any atom is 0.323 e. The van der Waals surface area contributed by atoms with Gasteiger partial charge < -0.3 is 21.1 Å². The summed E-state index contributed by atoms with van der Waals surface area (Å²) in [6.07, 6.45) is 8.21. The Balaban J connectivity index is 4.53. The first-order valence-corrected chi connectivity index (χ1v) is 9.89. The quantitative estimate of drug-likeness (QED) is 0.315. The molecule has 0 aliphatic heterocycles. The second kappa shape index (κ2) is 14.5. The molecule has 25 heavy (non-hydrogen) atoms. The molecule has 0 aromatic carbocycles. The number of aliphatic hydroxyl groups excluding tert-OH is 2. The molecule has 6 heteroatoms. The number of aliphatic hydroxyl groups is 2. The van der Waals surface area contributed by atoms with Crippen molar-refractivity contribution in [3.8, 4) is 0 Å². The zero-order chi connectivity index (χ0) is 19.2. The summed E-state index contributed by atoms with van der Waals surface area (Å²) in [4.78, 5) is 13.4. The number of nitrogens with two attached hydrogens (primary N) is 1. The van der Waals surface area contributed by atoms with Crippen LogP contribution < -0.4 is 5.73 Å². The number of nitrogens with zero attached hydrogens (tertiary/aromatic N) is 1. The molecule has 0 aliphatic carbocycles. The molecular formula is C19H40N2O4. The minimum absolute atomic E-state index is 0.0383. The zero-order valence-corrected chi connectivity index (χ0v) is 16.4. The van der Waals surface area contributed by atoms with Crippen molar-refractivity contribution in [3.05, 3.63) is 0 Å². The molecule has 6 nitrogen and oxygen atoms in total. The lowest BCUT2D eigenvalue weighted by atomic mass is 10.0. The zero-order valence-electron chi connectivity index (χ0n) is 16.4. The summed E-state index contributed by atoms with van der Waals surface area (Å²) >= 11 is 0. The van der Waals surface area contributed by atoms with Gasteiger partial charge in [0.1, 0.15) is 6.04 Å². The van der Waals surface area contributed by atoms with Gasteiger partial charge in [-0.25, -0.2) is 0 Å². The number of hydrogen-bond donors (Lipinski definition) is 4. The van der Waals surface area contributed by atoms with E-state index in [0.717, 1.165) is 19.3 Å². The van der Waals surface area contributed by atoms with Gasteiger partial charge in [-0.05, 0) is 26.7 Å². The van der Waals surface area contributed by atoms with Gasteiger partial charge in [0.2, 0.25) is 0 Å². The van der Waals surface area contributed by atoms with Crippen LogP contribution in [0.1, 0.15) is 78.6 Å². The number of carboxylic acids is 1. The van der Waals surface area contributed by atoms with Gasteiger partial charge in [0, 0.05) is 19.1 Å². The molecule has 0 aliphatic rings. The van der Waals surface area contributed by atoms with Gasteiger partial charge in [-0.3, -0.25) is 9.69 Å². The Hall–Kier alpha value is -0.690. The van der Waals surface area contributed by atoms with Gasteiger partial charge in [0.15, 0.2) is 0 Å². The molecule has 4 unspecified atom stereocenters. The monoisotopic (exact) mass is 360 g/mol. The Bertz CT molecular complexity index is 339. The van der Waals surface area contributed by atoms with Crippen LogP contribution in [0, 0.1) is 0 Å². The third-order valence-corrected chi connectivity index (χ3v) is 4.85. The molecule has 0 radical (unpaired) electrons. The largest absolute Gasteiger partial charge is 0.480 e. The Kier molecular flexibility index (Phi) is 14.1. The molecule has 0 saturated heterocycles. The minimum Gasteiger partial charge on any atom is -0.480 e. The summed E-state index contributed by atoms with van der Waals surface area (Å²) in [6, 6.07) is -0.916. The standard InChI is InChI=1S/C19H40N2O4/c1-4-5-6-7-8-9-10-11-15(2)21(13-12-17(23)14-20)18(16(3)22)19(24)25/h15-18,22-23H,4-14,20H2,1-3H3,(H,24,25). The third-order valence-electron chi connectivity index (χ3n) is 4.85. The highest BCUT2D eigenvalue weighted by Crippen LogP contribution is 2.18. The molecule has 0 amide bonds. The molecule has 4 atom stereocenters. The van der Waals surface area contributed by atoms with Gasteiger partial charge >= 0.3 is 5.97 Å². The first-order valence-electron chi connectivity index (χ1n) is 9.89. The molecule has 0 aromatic rings. The lowest BCUT2D eigenvalue weighted by Gasteiger charge is -2.36. The number of hydrogen-bond acceptors (Lipinski definition) is 5. The number of rotatable bonds is 16. The van der Waals surface area contributed by atoms with Crippen molar-refractivity contribution in [2.75, 3.05) is 13.1 Å². The maximum absolute atomic E-state index is 11.6. The van der Waals surface area contributed by atoms with E-state index < -0.39 is 24.2 Å². The van der Waals surface area contributed by atoms with Gasteiger partial charge in [-0.15, -0.1) is 0 Å². The lowest BCUT2D eigenvalue weighted by Crippen LogP contribution is -2.52. The molecule has 0 bridgehead atoms. The van der Waals surface area contributed by atoms with Gasteiger partial charge in [0.05, 0.1) is 12.2 Å². The third kappa shape index (κ3) is 10.8. The van der Waals surface area contributed by atoms with E-state index in [1.165, 1.54) is 39.0 Å². The van der Waals surface area contributed by atoms with E-state index in [2.05, 4.69) is 6.92 Å². The molecule has 0 saturated carbocycles. The fourth-order valence-electron chi connectivity index (χ4n) is 3.24. The van der Waals surface area contributed by atoms with E-state index in [-0.39, 0.29) is 12.6 Å². The summed E-state index contributed by atoms with van der Waals surface area (Å²) < 4.78 is 0. The Labute approximate surface area is 153 Å². The van der Waals surface area contributed by atoms with Crippen LogP contribution in [0.3, 0.4) is 0 Å². The SMILES string of the molecule is CCCCCCCCCC(C)N(CCC(O)CN)C(C(=O)O)C(C)O. The Morgan fingerprint density at radius 1 is 1.00 bits per heavy atom. The second-order valence-electron chi connectivity index (χ2n) is 7.20. The van der Waals surface area contributed by atoms with Gasteiger partial charge in [-0.2, -0.15) is 0 Å². The summed E-state index contributed by atoms with van der Waals surface area (Å²) in [6.45, 7) is 6.29. The predicted octanol–water partition coefficient (Wildman–Crippen LogP) is 2.36. The first kappa shape index (κ1) is 24.3. The Morgan fingerprint density at radius 3 is 2.04 bits per heavy atom. The fraction of sp³-hybridized carbons (Fsp3) is 0.947. The molecule has 0 aromatic heterocycles. The highest BCUT2D eigenvalue weighted by molar-refractivity contribution is 5.74. The second-order valence-corrected chi connectivity index (χ2v) is 7.20. The molecule has 0 rings (SSSR count). The predicted molar refractivity (Wildman–Crippen MR) is 102 cm³/mol. The van der Waals surface area contributed by atoms with Crippen molar-refractivity contribution in [3.63, 3.8) is 0 Å². The fourth-order valence-corrected chi connectivity index (χ4v) is 3.24. The van der Waals surface area contributed by atoms with Crippen LogP contribution in [-0.2, 0) is 4.79 Å². The number of aliphatic carboxylic acids is 1. The number of carbonyl (C=O) groups is 1. The van der Waals surface area contributed by atoms with Gasteiger partial charge in [-0.1, -0.05) is 51.9 Å². The van der Waals surface area contributed by atoms with Crippen molar-refractivity contribution in [1.29, 1.82) is 0 Å². The normalized spacial score (nSPS) is 16.6. The van der Waals surface area contributed by atoms with E-state index in [1.807, 2.05) is 11.8 Å². The van der Waals surface area contributed by atoms with Crippen LogP contribution >= 0.6 is 0 Å². The van der Waals surface area contributed by atoms with Crippen molar-refractivity contribution in [2.24, 2.45) is 5.73 Å². The summed E-state index contributed by atoms with van der Waals surface area (Å²) in [5.41, 5.74) is 5.44. The maximum atomic E-state index is 11.6. The van der Waals surface area contributed by atoms with E-state index in [1.54, 1.807) is 0 Å². The smallest absolute Gasteiger partial charge is 0.323 e. The topological polar surface area (TPSA) is 107 Å². The first-order chi connectivity index (χ1) is 11.8. The molecule has 0 fully saturated rings. The van der Waals surface area contributed by atoms with E-state index >= 15 is 0 Å². The van der Waals surface area contributed by atoms with Crippen LogP contribution in [0.15, 0.2) is 0 Å². The van der Waals surface area contributed by atoms with Crippen LogP contribution in [0.25, 0.3) is 0 Å². The highest BCUT2D eigenvalue weighted by atomic mass is 16.4. The van der Waals surface area contributed by atoms with Crippen LogP contribution in [0.2, 0.25) is 0 Å². The summed E-state index contributed by atoms with van der Waals surface area (Å²) in [7, 11) is 0. The molecule has 0 spiro atoms. The van der Waals surface area contributed by atoms with E-state index in [0.29, 0.717) is 13.0 Å². The van der Waals surface area contributed by atoms with Crippen molar-refractivity contribution in [1.82, 2.24) is 4.90 Å². The van der Waals surface area contributed by atoms with Crippen molar-refractivity contribution < 1.29 is 20.1 Å². The van der Waals surface area contributed by atoms with Crippen LogP contribution in [0.4, 0.5) is 0 Å². The highest BCUT2D eigenvalue weighted by Gasteiger charge is 2.33. The van der Waals surface area contributed by atoms with Gasteiger partial charge in [0.25, 0.3) is 0 Å². The average molecular weight is 361 g/mol. The lowest BCUT2D eigenvalue weighted by molar-refractivity contribution is -0.149. The van der Waals surface area contributed by atoms with Crippen LogP contribution in [0.5, 0.6) is 0 Å². The van der Waals surface area contributed by atoms with E-state index in [4.69, 9.17) is 5.73 Å². The van der Waals surface area contributed by atoms with Crippen molar-refractivity contribution >= 4 is 5.97 Å². The summed E-state index contributed by atoms with van der Waals surface area (Å²) in [5, 5.41) is 29.1. The minimum atomic E-state index is -1.02. The summed E-state index contributed by atoms with van der Waals surface area (Å²) in [5.74, 6) is -1.02. The van der Waals surface area contributed by atoms with Crippen molar-refractivity contribution in [2.45, 2.75) is 103 Å². The number of carboxylic acid groups (broad SMARTS) is 1. The van der Waals surface area contributed by atoms with Crippen LogP contribution in [-0.4, -0.2) is 63.6 Å².